The minimum absolute atomic E-state index is 0.0186. The van der Waals surface area contributed by atoms with E-state index < -0.39 is 10.8 Å². The van der Waals surface area contributed by atoms with Crippen molar-refractivity contribution in [3.05, 3.63) is 76.0 Å². The van der Waals surface area contributed by atoms with Crippen molar-refractivity contribution in [1.82, 2.24) is 9.88 Å². The van der Waals surface area contributed by atoms with Gasteiger partial charge < -0.3 is 14.6 Å². The van der Waals surface area contributed by atoms with Crippen LogP contribution >= 0.6 is 0 Å². The van der Waals surface area contributed by atoms with E-state index >= 15 is 0 Å². The summed E-state index contributed by atoms with van der Waals surface area (Å²) in [5, 5.41) is 15.4. The first-order valence-electron chi connectivity index (χ1n) is 9.05. The van der Waals surface area contributed by atoms with Gasteiger partial charge in [0.15, 0.2) is 0 Å². The highest BCUT2D eigenvalue weighted by Gasteiger charge is 2.27. The van der Waals surface area contributed by atoms with Gasteiger partial charge in [-0.25, -0.2) is 0 Å². The molecular formula is C21H23N3O4. The number of carbonyl (C=O) groups excluding carboxylic acids is 1. The number of amides is 1. The van der Waals surface area contributed by atoms with Gasteiger partial charge in [0.25, 0.3) is 5.69 Å². The number of fused-ring (bicyclic) bond motifs is 1. The number of hydrogen-bond acceptors (Lipinski definition) is 4. The Labute approximate surface area is 163 Å². The third kappa shape index (κ3) is 4.04. The molecule has 0 radical (unpaired) electrons. The molecule has 1 atom stereocenters. The Kier molecular flexibility index (Phi) is 6.06. The topological polar surface area (TPSA) is 86.4 Å². The Hall–Kier alpha value is -3.19. The van der Waals surface area contributed by atoms with Crippen LogP contribution in [0.4, 0.5) is 5.69 Å². The normalized spacial score (nSPS) is 12.1. The van der Waals surface area contributed by atoms with Crippen LogP contribution in [0.2, 0.25) is 0 Å². The van der Waals surface area contributed by atoms with Crippen molar-refractivity contribution >= 4 is 22.5 Å². The average molecular weight is 381 g/mol. The Morgan fingerprint density at radius 1 is 1.18 bits per heavy atom. The molecule has 0 aliphatic carbocycles. The Morgan fingerprint density at radius 2 is 1.89 bits per heavy atom. The van der Waals surface area contributed by atoms with Gasteiger partial charge in [0.2, 0.25) is 5.91 Å². The molecule has 146 valence electrons. The van der Waals surface area contributed by atoms with E-state index in [1.54, 1.807) is 25.3 Å². The molecule has 7 heteroatoms. The van der Waals surface area contributed by atoms with Crippen LogP contribution in [0.25, 0.3) is 10.9 Å². The molecule has 0 aliphatic heterocycles. The number of nitro benzene ring substituents is 1. The summed E-state index contributed by atoms with van der Waals surface area (Å²) < 4.78 is 6.95. The summed E-state index contributed by atoms with van der Waals surface area (Å²) in [5.41, 5.74) is 2.46. The molecule has 0 spiro atoms. The van der Waals surface area contributed by atoms with E-state index in [9.17, 15) is 14.9 Å². The van der Waals surface area contributed by atoms with Gasteiger partial charge in [-0.15, -0.1) is 0 Å². The second-order valence-electron chi connectivity index (χ2n) is 6.63. The fourth-order valence-electron chi connectivity index (χ4n) is 3.54. The molecular weight excluding hydrogens is 358 g/mol. The Morgan fingerprint density at radius 3 is 2.64 bits per heavy atom. The van der Waals surface area contributed by atoms with Gasteiger partial charge in [0.1, 0.15) is 0 Å². The monoisotopic (exact) mass is 381 g/mol. The lowest BCUT2D eigenvalue weighted by Gasteiger charge is -2.17. The van der Waals surface area contributed by atoms with Gasteiger partial charge >= 0.3 is 0 Å². The third-order valence-corrected chi connectivity index (χ3v) is 4.83. The van der Waals surface area contributed by atoms with E-state index in [0.29, 0.717) is 18.7 Å². The first-order valence-corrected chi connectivity index (χ1v) is 9.05. The first kappa shape index (κ1) is 19.6. The van der Waals surface area contributed by atoms with Gasteiger partial charge in [-0.05, 0) is 11.6 Å². The van der Waals surface area contributed by atoms with Gasteiger partial charge in [0, 0.05) is 61.8 Å². The predicted octanol–water partition coefficient (Wildman–Crippen LogP) is 3.37. The number of ether oxygens (including phenoxy) is 1. The molecule has 0 fully saturated rings. The maximum absolute atomic E-state index is 12.6. The number of nitro groups is 1. The van der Waals surface area contributed by atoms with Crippen molar-refractivity contribution in [3.63, 3.8) is 0 Å². The van der Waals surface area contributed by atoms with Crippen molar-refractivity contribution < 1.29 is 14.5 Å². The van der Waals surface area contributed by atoms with E-state index in [0.717, 1.165) is 16.5 Å². The van der Waals surface area contributed by atoms with Crippen molar-refractivity contribution in [2.75, 3.05) is 20.3 Å². The highest BCUT2D eigenvalue weighted by Crippen LogP contribution is 2.38. The molecule has 0 aliphatic rings. The molecule has 1 aromatic heterocycles. The summed E-state index contributed by atoms with van der Waals surface area (Å²) in [6.07, 6.45) is 2.07. The quantitative estimate of drug-likeness (QED) is 0.368. The van der Waals surface area contributed by atoms with Crippen LogP contribution in [0, 0.1) is 10.1 Å². The highest BCUT2D eigenvalue weighted by atomic mass is 16.6. The number of nitrogens with zero attached hydrogens (tertiary/aromatic N) is 2. The van der Waals surface area contributed by atoms with E-state index in [-0.39, 0.29) is 18.0 Å². The number of aryl methyl sites for hydroxylation is 1. The van der Waals surface area contributed by atoms with Crippen LogP contribution in [-0.4, -0.2) is 35.7 Å². The lowest BCUT2D eigenvalue weighted by molar-refractivity contribution is -0.385. The Balaban J connectivity index is 2.07. The first-order chi connectivity index (χ1) is 13.5. The van der Waals surface area contributed by atoms with E-state index in [2.05, 4.69) is 5.32 Å². The summed E-state index contributed by atoms with van der Waals surface area (Å²) in [6, 6.07) is 14.5. The molecule has 3 aromatic rings. The zero-order chi connectivity index (χ0) is 20.1. The SMILES string of the molecule is COCCNC(=O)C[C@@H](c1ccccc1[N+](=O)[O-])c1cn(C)c2ccccc12. The molecule has 1 heterocycles. The summed E-state index contributed by atoms with van der Waals surface area (Å²) in [6.45, 7) is 0.810. The smallest absolute Gasteiger partial charge is 0.273 e. The summed E-state index contributed by atoms with van der Waals surface area (Å²) >= 11 is 0. The second kappa shape index (κ2) is 8.67. The van der Waals surface area contributed by atoms with Gasteiger partial charge in [-0.1, -0.05) is 36.4 Å². The molecule has 3 rings (SSSR count). The van der Waals surface area contributed by atoms with Crippen molar-refractivity contribution in [1.29, 1.82) is 0 Å². The van der Waals surface area contributed by atoms with Crippen LogP contribution in [0.3, 0.4) is 0 Å². The van der Waals surface area contributed by atoms with Crippen molar-refractivity contribution in [2.45, 2.75) is 12.3 Å². The lowest BCUT2D eigenvalue weighted by Crippen LogP contribution is -2.28. The molecule has 2 aromatic carbocycles. The molecule has 1 N–H and O–H groups in total. The van der Waals surface area contributed by atoms with E-state index in [4.69, 9.17) is 4.74 Å². The van der Waals surface area contributed by atoms with Crippen LogP contribution in [0.15, 0.2) is 54.7 Å². The molecule has 0 bridgehead atoms. The zero-order valence-electron chi connectivity index (χ0n) is 15.9. The summed E-state index contributed by atoms with van der Waals surface area (Å²) in [7, 11) is 3.50. The summed E-state index contributed by atoms with van der Waals surface area (Å²) in [4.78, 5) is 23.8. The minimum atomic E-state index is -0.435. The van der Waals surface area contributed by atoms with Gasteiger partial charge in [-0.2, -0.15) is 0 Å². The maximum atomic E-state index is 12.6. The number of rotatable bonds is 8. The van der Waals surface area contributed by atoms with E-state index in [1.807, 2.05) is 42.1 Å². The fraction of sp³-hybridized carbons (Fsp3) is 0.286. The highest BCUT2D eigenvalue weighted by molar-refractivity contribution is 5.87. The number of methoxy groups -OCH3 is 1. The molecule has 1 amide bonds. The van der Waals surface area contributed by atoms with Crippen LogP contribution in [-0.2, 0) is 16.6 Å². The average Bonchev–Trinajstić information content (AvgIpc) is 3.03. The lowest BCUT2D eigenvalue weighted by atomic mass is 9.87. The summed E-state index contributed by atoms with van der Waals surface area (Å²) in [5.74, 6) is -0.608. The van der Waals surface area contributed by atoms with Gasteiger partial charge in [0.05, 0.1) is 11.5 Å². The largest absolute Gasteiger partial charge is 0.383 e. The molecule has 0 saturated carbocycles. The number of hydrogen-bond donors (Lipinski definition) is 1. The number of aromatic nitrogens is 1. The van der Waals surface area contributed by atoms with Crippen LogP contribution < -0.4 is 5.32 Å². The Bertz CT molecular complexity index is 996. The molecule has 0 unspecified atom stereocenters. The third-order valence-electron chi connectivity index (χ3n) is 4.83. The van der Waals surface area contributed by atoms with Crippen molar-refractivity contribution in [3.8, 4) is 0 Å². The number of para-hydroxylation sites is 2. The molecule has 7 nitrogen and oxygen atoms in total. The van der Waals surface area contributed by atoms with Crippen LogP contribution in [0.5, 0.6) is 0 Å². The van der Waals surface area contributed by atoms with Crippen LogP contribution in [0.1, 0.15) is 23.5 Å². The fourth-order valence-corrected chi connectivity index (χ4v) is 3.54. The maximum Gasteiger partial charge on any atom is 0.273 e. The zero-order valence-corrected chi connectivity index (χ0v) is 15.9. The second-order valence-corrected chi connectivity index (χ2v) is 6.63. The van der Waals surface area contributed by atoms with Crippen molar-refractivity contribution in [2.24, 2.45) is 7.05 Å². The molecule has 28 heavy (non-hydrogen) atoms. The predicted molar refractivity (Wildman–Crippen MR) is 107 cm³/mol. The van der Waals surface area contributed by atoms with E-state index in [1.165, 1.54) is 6.07 Å². The number of carbonyl (C=O) groups is 1. The minimum Gasteiger partial charge on any atom is -0.383 e. The number of nitrogens with one attached hydrogen (secondary N) is 1. The molecule has 0 saturated heterocycles. The number of benzene rings is 2. The van der Waals surface area contributed by atoms with Gasteiger partial charge in [-0.3, -0.25) is 14.9 Å². The standard InChI is InChI=1S/C21H23N3O4/c1-23-14-18(16-8-3-5-9-19(16)23)17(13-21(25)22-11-12-28-2)15-7-4-6-10-20(15)24(26)27/h3-10,14,17H,11-13H2,1-2H3,(H,22,25)/t17-/m0/s1.